The fourth-order valence-electron chi connectivity index (χ4n) is 1.55. The molecule has 1 rings (SSSR count). The number of amidine groups is 1. The molecular weight excluding hydrogens is 345 g/mol. The molecule has 0 aliphatic rings. The van der Waals surface area contributed by atoms with Gasteiger partial charge in [-0.1, -0.05) is 11.8 Å². The highest BCUT2D eigenvalue weighted by Crippen LogP contribution is 2.36. The fraction of sp³-hybridized carbons (Fsp3) is 0.500. The molecule has 10 heteroatoms. The molecule has 0 atom stereocenters. The first-order valence-electron chi connectivity index (χ1n) is 6.78. The van der Waals surface area contributed by atoms with Gasteiger partial charge in [0.25, 0.3) is 0 Å². The van der Waals surface area contributed by atoms with E-state index in [-0.39, 0.29) is 10.9 Å². The Morgan fingerprint density at radius 3 is 2.42 bits per heavy atom. The molecule has 0 spiro atoms. The summed E-state index contributed by atoms with van der Waals surface area (Å²) < 4.78 is 44.8. The second-order valence-corrected chi connectivity index (χ2v) is 6.60. The molecule has 0 aliphatic carbocycles. The minimum atomic E-state index is -4.70. The zero-order valence-corrected chi connectivity index (χ0v) is 14.7. The van der Waals surface area contributed by atoms with Crippen LogP contribution in [0.1, 0.15) is 26.3 Å². The number of hydrogen-bond donors (Lipinski definition) is 2. The first-order valence-corrected chi connectivity index (χ1v) is 8.01. The summed E-state index contributed by atoms with van der Waals surface area (Å²) in [6.45, 7) is 4.96. The van der Waals surface area contributed by atoms with Crippen molar-refractivity contribution in [1.29, 1.82) is 5.41 Å². The lowest BCUT2D eigenvalue weighted by Crippen LogP contribution is -2.34. The highest BCUT2D eigenvalue weighted by Gasteiger charge is 2.36. The summed E-state index contributed by atoms with van der Waals surface area (Å²) >= 11 is 0.941. The number of hydrogen-bond acceptors (Lipinski definition) is 5. The third-order valence-electron chi connectivity index (χ3n) is 2.67. The first-order chi connectivity index (χ1) is 10.8. The van der Waals surface area contributed by atoms with Crippen LogP contribution >= 0.6 is 11.8 Å². The standard InChI is InChI=1S/C14H19F3N4O2S/c1-13(2,3)23-12(22)21(4)8-6-9(14(15,16)17)10(19-7-8)20-11(18)24-5/h6-7H,1-5H3,(H2,18,19,20). The first kappa shape index (κ1) is 20.1. The lowest BCUT2D eigenvalue weighted by molar-refractivity contribution is -0.137. The molecule has 0 unspecified atom stereocenters. The van der Waals surface area contributed by atoms with E-state index in [1.54, 1.807) is 27.0 Å². The van der Waals surface area contributed by atoms with Crippen LogP contribution < -0.4 is 10.2 Å². The number of thioether (sulfide) groups is 1. The SMILES string of the molecule is CSC(=N)Nc1ncc(N(C)C(=O)OC(C)(C)C)cc1C(F)(F)F. The topological polar surface area (TPSA) is 78.3 Å². The number of nitrogens with zero attached hydrogens (tertiary/aromatic N) is 2. The normalized spacial score (nSPS) is 11.8. The number of carbonyl (C=O) groups is 1. The van der Waals surface area contributed by atoms with E-state index in [4.69, 9.17) is 10.1 Å². The number of ether oxygens (including phenoxy) is 1. The summed E-state index contributed by atoms with van der Waals surface area (Å²) in [6, 6.07) is 0.785. The van der Waals surface area contributed by atoms with Gasteiger partial charge >= 0.3 is 12.3 Å². The predicted molar refractivity (Wildman–Crippen MR) is 88.7 cm³/mol. The van der Waals surface area contributed by atoms with Gasteiger partial charge in [-0.3, -0.25) is 10.3 Å². The van der Waals surface area contributed by atoms with Crippen LogP contribution in [0.25, 0.3) is 0 Å². The predicted octanol–water partition coefficient (Wildman–Crippen LogP) is 4.18. The quantitative estimate of drug-likeness (QED) is 0.608. The van der Waals surface area contributed by atoms with E-state index in [0.717, 1.165) is 28.9 Å². The lowest BCUT2D eigenvalue weighted by atomic mass is 10.2. The molecule has 1 aromatic rings. The smallest absolute Gasteiger partial charge is 0.420 e. The number of nitrogens with one attached hydrogen (secondary N) is 2. The van der Waals surface area contributed by atoms with E-state index in [9.17, 15) is 18.0 Å². The molecule has 0 saturated carbocycles. The molecule has 0 fully saturated rings. The molecule has 1 amide bonds. The van der Waals surface area contributed by atoms with Gasteiger partial charge in [0.2, 0.25) is 0 Å². The molecule has 0 aromatic carbocycles. The zero-order chi connectivity index (χ0) is 18.7. The largest absolute Gasteiger partial charge is 0.443 e. The van der Waals surface area contributed by atoms with Crippen LogP contribution in [0.2, 0.25) is 0 Å². The Morgan fingerprint density at radius 1 is 1.38 bits per heavy atom. The van der Waals surface area contributed by atoms with E-state index >= 15 is 0 Å². The molecule has 24 heavy (non-hydrogen) atoms. The Balaban J connectivity index is 3.19. The fourth-order valence-corrected chi connectivity index (χ4v) is 1.75. The van der Waals surface area contributed by atoms with Crippen LogP contribution in [0, 0.1) is 5.41 Å². The van der Waals surface area contributed by atoms with Gasteiger partial charge in [0, 0.05) is 7.05 Å². The van der Waals surface area contributed by atoms with Crippen molar-refractivity contribution in [3.8, 4) is 0 Å². The van der Waals surface area contributed by atoms with Crippen molar-refractivity contribution in [3.63, 3.8) is 0 Å². The summed E-state index contributed by atoms with van der Waals surface area (Å²) in [5.41, 5.74) is -1.92. The Labute approximate surface area is 142 Å². The molecule has 2 N–H and O–H groups in total. The van der Waals surface area contributed by atoms with Gasteiger partial charge in [0.15, 0.2) is 5.17 Å². The second-order valence-electron chi connectivity index (χ2n) is 5.79. The molecule has 0 bridgehead atoms. The summed E-state index contributed by atoms with van der Waals surface area (Å²) in [5, 5.41) is 9.54. The number of alkyl halides is 3. The van der Waals surface area contributed by atoms with E-state index in [2.05, 4.69) is 10.3 Å². The zero-order valence-electron chi connectivity index (χ0n) is 13.9. The summed E-state index contributed by atoms with van der Waals surface area (Å²) in [4.78, 5) is 16.6. The van der Waals surface area contributed by atoms with Crippen LogP contribution in [0.4, 0.5) is 29.5 Å². The Morgan fingerprint density at radius 2 is 1.96 bits per heavy atom. The molecule has 1 heterocycles. The number of aromatic nitrogens is 1. The summed E-state index contributed by atoms with van der Waals surface area (Å²) in [7, 11) is 1.29. The van der Waals surface area contributed by atoms with Crippen molar-refractivity contribution in [1.82, 2.24) is 4.98 Å². The molecule has 6 nitrogen and oxygen atoms in total. The maximum absolute atomic E-state index is 13.2. The van der Waals surface area contributed by atoms with Crippen molar-refractivity contribution in [2.45, 2.75) is 32.5 Å². The van der Waals surface area contributed by atoms with Crippen LogP contribution in [0.3, 0.4) is 0 Å². The van der Waals surface area contributed by atoms with Crippen molar-refractivity contribution < 1.29 is 22.7 Å². The van der Waals surface area contributed by atoms with Crippen molar-refractivity contribution >= 4 is 34.5 Å². The number of amides is 1. The van der Waals surface area contributed by atoms with Crippen LogP contribution in [0.15, 0.2) is 12.3 Å². The molecule has 0 saturated heterocycles. The molecular formula is C14H19F3N4O2S. The number of rotatable bonds is 2. The Hall–Kier alpha value is -1.97. The van der Waals surface area contributed by atoms with Crippen molar-refractivity contribution in [2.24, 2.45) is 0 Å². The maximum atomic E-state index is 13.2. The highest BCUT2D eigenvalue weighted by atomic mass is 32.2. The Bertz CT molecular complexity index is 629. The highest BCUT2D eigenvalue weighted by molar-refractivity contribution is 8.13. The van der Waals surface area contributed by atoms with Crippen molar-refractivity contribution in [2.75, 3.05) is 23.5 Å². The van der Waals surface area contributed by atoms with Gasteiger partial charge in [0.05, 0.1) is 11.9 Å². The van der Waals surface area contributed by atoms with Gasteiger partial charge in [-0.2, -0.15) is 13.2 Å². The van der Waals surface area contributed by atoms with E-state index < -0.39 is 29.3 Å². The third-order valence-corrected chi connectivity index (χ3v) is 3.18. The monoisotopic (exact) mass is 364 g/mol. The van der Waals surface area contributed by atoms with Gasteiger partial charge in [0.1, 0.15) is 17.0 Å². The van der Waals surface area contributed by atoms with Crippen LogP contribution in [-0.2, 0) is 10.9 Å². The van der Waals surface area contributed by atoms with Crippen molar-refractivity contribution in [3.05, 3.63) is 17.8 Å². The summed E-state index contributed by atoms with van der Waals surface area (Å²) in [5.74, 6) is -0.497. The van der Waals surface area contributed by atoms with Gasteiger partial charge in [-0.25, -0.2) is 9.78 Å². The average molecular weight is 364 g/mol. The van der Waals surface area contributed by atoms with Crippen LogP contribution in [-0.4, -0.2) is 35.1 Å². The van der Waals surface area contributed by atoms with Gasteiger partial charge in [-0.15, -0.1) is 0 Å². The minimum absolute atomic E-state index is 0.0715. The molecule has 134 valence electrons. The molecule has 1 aromatic heterocycles. The number of carbonyl (C=O) groups excluding carboxylic acids is 1. The average Bonchev–Trinajstić information content (AvgIpc) is 2.43. The Kier molecular flexibility index (Phi) is 6.09. The molecule has 0 radical (unpaired) electrons. The molecule has 0 aliphatic heterocycles. The van der Waals surface area contributed by atoms with Crippen LogP contribution in [0.5, 0.6) is 0 Å². The van der Waals surface area contributed by atoms with Gasteiger partial charge < -0.3 is 10.1 Å². The van der Waals surface area contributed by atoms with Gasteiger partial charge in [-0.05, 0) is 33.1 Å². The lowest BCUT2D eigenvalue weighted by Gasteiger charge is -2.25. The maximum Gasteiger partial charge on any atom is 0.420 e. The van der Waals surface area contributed by atoms with E-state index in [1.807, 2.05) is 0 Å². The summed E-state index contributed by atoms with van der Waals surface area (Å²) in [6.07, 6.45) is -2.84. The third kappa shape index (κ3) is 5.59. The van der Waals surface area contributed by atoms with E-state index in [1.165, 1.54) is 7.05 Å². The minimum Gasteiger partial charge on any atom is -0.443 e. The number of halogens is 3. The number of pyridine rings is 1. The number of anilines is 2. The van der Waals surface area contributed by atoms with E-state index in [0.29, 0.717) is 0 Å². The second kappa shape index (κ2) is 7.29.